The van der Waals surface area contributed by atoms with E-state index in [4.69, 9.17) is 21.6 Å². The molecular weight excluding hydrogens is 378 g/mol. The Morgan fingerprint density at radius 3 is 2.39 bits per heavy atom. The SMILES string of the molecule is CNC(=O)C(Cc1ccc(C#N)cc1)NC(=O)c1ccc(OC(C)C)c(Cl)c1. The van der Waals surface area contributed by atoms with E-state index in [-0.39, 0.29) is 12.0 Å². The van der Waals surface area contributed by atoms with Gasteiger partial charge in [0.1, 0.15) is 11.8 Å². The third-order valence-corrected chi connectivity index (χ3v) is 4.24. The Morgan fingerprint density at radius 1 is 1.18 bits per heavy atom. The van der Waals surface area contributed by atoms with Crippen molar-refractivity contribution >= 4 is 23.4 Å². The van der Waals surface area contributed by atoms with Crippen molar-refractivity contribution in [1.29, 1.82) is 5.26 Å². The average molecular weight is 400 g/mol. The molecule has 2 aromatic carbocycles. The summed E-state index contributed by atoms with van der Waals surface area (Å²) in [5.41, 5.74) is 1.68. The van der Waals surface area contributed by atoms with Gasteiger partial charge in [-0.3, -0.25) is 9.59 Å². The first-order valence-corrected chi connectivity index (χ1v) is 9.19. The van der Waals surface area contributed by atoms with Crippen LogP contribution in [-0.2, 0) is 11.2 Å². The molecular formula is C21H22ClN3O3. The lowest BCUT2D eigenvalue weighted by Gasteiger charge is -2.18. The van der Waals surface area contributed by atoms with E-state index in [0.29, 0.717) is 28.3 Å². The fraction of sp³-hybridized carbons (Fsp3) is 0.286. The molecule has 0 aromatic heterocycles. The van der Waals surface area contributed by atoms with E-state index in [1.165, 1.54) is 13.1 Å². The summed E-state index contributed by atoms with van der Waals surface area (Å²) in [6.07, 6.45) is 0.251. The van der Waals surface area contributed by atoms with Crippen LogP contribution in [0.2, 0.25) is 5.02 Å². The van der Waals surface area contributed by atoms with Crippen molar-refractivity contribution in [2.24, 2.45) is 0 Å². The molecule has 0 aliphatic heterocycles. The van der Waals surface area contributed by atoms with Crippen LogP contribution in [0.4, 0.5) is 0 Å². The highest BCUT2D eigenvalue weighted by Crippen LogP contribution is 2.26. The number of hydrogen-bond acceptors (Lipinski definition) is 4. The van der Waals surface area contributed by atoms with Crippen molar-refractivity contribution in [3.05, 3.63) is 64.2 Å². The van der Waals surface area contributed by atoms with Gasteiger partial charge in [0.15, 0.2) is 0 Å². The Bertz CT molecular complexity index is 889. The highest BCUT2D eigenvalue weighted by Gasteiger charge is 2.21. The maximum atomic E-state index is 12.6. The summed E-state index contributed by atoms with van der Waals surface area (Å²) in [6, 6.07) is 12.9. The zero-order valence-electron chi connectivity index (χ0n) is 16.0. The lowest BCUT2D eigenvalue weighted by Crippen LogP contribution is -2.47. The van der Waals surface area contributed by atoms with Crippen molar-refractivity contribution < 1.29 is 14.3 Å². The molecule has 6 nitrogen and oxygen atoms in total. The summed E-state index contributed by atoms with van der Waals surface area (Å²) in [4.78, 5) is 24.8. The summed E-state index contributed by atoms with van der Waals surface area (Å²) in [6.45, 7) is 3.77. The van der Waals surface area contributed by atoms with Crippen molar-refractivity contribution in [3.63, 3.8) is 0 Å². The van der Waals surface area contributed by atoms with Gasteiger partial charge in [0.25, 0.3) is 5.91 Å². The number of hydrogen-bond donors (Lipinski definition) is 2. The number of benzene rings is 2. The van der Waals surface area contributed by atoms with Crippen LogP contribution in [0.25, 0.3) is 0 Å². The van der Waals surface area contributed by atoms with E-state index in [0.717, 1.165) is 5.56 Å². The van der Waals surface area contributed by atoms with Crippen LogP contribution < -0.4 is 15.4 Å². The van der Waals surface area contributed by atoms with Crippen LogP contribution in [-0.4, -0.2) is 31.0 Å². The Balaban J connectivity index is 2.15. The van der Waals surface area contributed by atoms with Gasteiger partial charge < -0.3 is 15.4 Å². The number of carbonyl (C=O) groups is 2. The maximum Gasteiger partial charge on any atom is 0.251 e. The normalized spacial score (nSPS) is 11.4. The first-order chi connectivity index (χ1) is 13.3. The van der Waals surface area contributed by atoms with Crippen LogP contribution in [0.1, 0.15) is 35.3 Å². The Labute approximate surface area is 169 Å². The van der Waals surface area contributed by atoms with Crippen LogP contribution in [0, 0.1) is 11.3 Å². The number of rotatable bonds is 7. The molecule has 0 radical (unpaired) electrons. The van der Waals surface area contributed by atoms with Crippen LogP contribution in [0.3, 0.4) is 0 Å². The van der Waals surface area contributed by atoms with E-state index in [9.17, 15) is 9.59 Å². The third kappa shape index (κ3) is 5.73. The van der Waals surface area contributed by atoms with E-state index in [2.05, 4.69) is 10.6 Å². The minimum Gasteiger partial charge on any atom is -0.489 e. The zero-order chi connectivity index (χ0) is 20.7. The quantitative estimate of drug-likeness (QED) is 0.748. The van der Waals surface area contributed by atoms with E-state index in [1.54, 1.807) is 36.4 Å². The molecule has 2 N–H and O–H groups in total. The van der Waals surface area contributed by atoms with Crippen molar-refractivity contribution in [1.82, 2.24) is 10.6 Å². The van der Waals surface area contributed by atoms with Gasteiger partial charge in [0, 0.05) is 19.0 Å². The Kier molecular flexibility index (Phi) is 7.42. The van der Waals surface area contributed by atoms with Crippen LogP contribution in [0.5, 0.6) is 5.75 Å². The summed E-state index contributed by atoms with van der Waals surface area (Å²) in [5, 5.41) is 14.5. The summed E-state index contributed by atoms with van der Waals surface area (Å²) < 4.78 is 5.56. The van der Waals surface area contributed by atoms with Crippen molar-refractivity contribution in [2.45, 2.75) is 32.4 Å². The highest BCUT2D eigenvalue weighted by atomic mass is 35.5. The first kappa shape index (κ1) is 21.3. The molecule has 1 unspecified atom stereocenters. The van der Waals surface area contributed by atoms with Gasteiger partial charge in [-0.2, -0.15) is 5.26 Å². The molecule has 0 aliphatic rings. The number of likely N-dealkylation sites (N-methyl/N-ethyl adjacent to an activating group) is 1. The fourth-order valence-electron chi connectivity index (χ4n) is 2.57. The van der Waals surface area contributed by atoms with Crippen molar-refractivity contribution in [3.8, 4) is 11.8 Å². The Morgan fingerprint density at radius 2 is 1.86 bits per heavy atom. The topological polar surface area (TPSA) is 91.2 Å². The standard InChI is InChI=1S/C21H22ClN3O3/c1-13(2)28-19-9-8-16(11-17(19)22)20(26)25-18(21(27)24-3)10-14-4-6-15(12-23)7-5-14/h4-9,11,13,18H,10H2,1-3H3,(H,24,27)(H,25,26). The number of nitrogens with zero attached hydrogens (tertiary/aromatic N) is 1. The maximum absolute atomic E-state index is 12.6. The molecule has 0 saturated carbocycles. The second-order valence-corrected chi connectivity index (χ2v) is 6.87. The predicted octanol–water partition coefficient (Wildman–Crippen LogP) is 3.09. The monoisotopic (exact) mass is 399 g/mol. The molecule has 28 heavy (non-hydrogen) atoms. The smallest absolute Gasteiger partial charge is 0.251 e. The van der Waals surface area contributed by atoms with Gasteiger partial charge in [0.05, 0.1) is 22.8 Å². The van der Waals surface area contributed by atoms with E-state index in [1.807, 2.05) is 19.9 Å². The number of nitrogens with one attached hydrogen (secondary N) is 2. The van der Waals surface area contributed by atoms with Gasteiger partial charge in [-0.25, -0.2) is 0 Å². The minimum atomic E-state index is -0.768. The molecule has 7 heteroatoms. The molecule has 0 fully saturated rings. The van der Waals surface area contributed by atoms with E-state index < -0.39 is 11.9 Å². The largest absolute Gasteiger partial charge is 0.489 e. The lowest BCUT2D eigenvalue weighted by atomic mass is 10.0. The number of carbonyl (C=O) groups excluding carboxylic acids is 2. The number of halogens is 1. The number of nitriles is 1. The number of ether oxygens (including phenoxy) is 1. The van der Waals surface area contributed by atoms with Crippen LogP contribution in [0.15, 0.2) is 42.5 Å². The fourth-order valence-corrected chi connectivity index (χ4v) is 2.79. The van der Waals surface area contributed by atoms with Gasteiger partial charge in [-0.1, -0.05) is 23.7 Å². The summed E-state index contributed by atoms with van der Waals surface area (Å²) in [5.74, 6) is -0.238. The molecule has 0 bridgehead atoms. The van der Waals surface area contributed by atoms with Gasteiger partial charge >= 0.3 is 0 Å². The first-order valence-electron chi connectivity index (χ1n) is 8.81. The second kappa shape index (κ2) is 9.77. The predicted molar refractivity (Wildman–Crippen MR) is 107 cm³/mol. The molecule has 0 spiro atoms. The van der Waals surface area contributed by atoms with Crippen molar-refractivity contribution in [2.75, 3.05) is 7.05 Å². The van der Waals surface area contributed by atoms with Gasteiger partial charge in [-0.05, 0) is 49.7 Å². The molecule has 0 saturated heterocycles. The molecule has 2 amide bonds. The lowest BCUT2D eigenvalue weighted by molar-refractivity contribution is -0.122. The van der Waals surface area contributed by atoms with Crippen LogP contribution >= 0.6 is 11.6 Å². The van der Waals surface area contributed by atoms with Gasteiger partial charge in [0.2, 0.25) is 5.91 Å². The van der Waals surface area contributed by atoms with Gasteiger partial charge in [-0.15, -0.1) is 0 Å². The molecule has 2 aromatic rings. The summed E-state index contributed by atoms with van der Waals surface area (Å²) in [7, 11) is 1.51. The average Bonchev–Trinajstić information content (AvgIpc) is 2.68. The minimum absolute atomic E-state index is 0.0396. The Hall–Kier alpha value is -3.04. The molecule has 146 valence electrons. The molecule has 1 atom stereocenters. The molecule has 0 aliphatic carbocycles. The zero-order valence-corrected chi connectivity index (χ0v) is 16.7. The summed E-state index contributed by atoms with van der Waals surface area (Å²) >= 11 is 6.19. The molecule has 2 rings (SSSR count). The van der Waals surface area contributed by atoms with E-state index >= 15 is 0 Å². The third-order valence-electron chi connectivity index (χ3n) is 3.95. The number of amides is 2. The molecule has 0 heterocycles. The highest BCUT2D eigenvalue weighted by molar-refractivity contribution is 6.32. The second-order valence-electron chi connectivity index (χ2n) is 6.46.